The molecule has 1 saturated heterocycles. The number of carbonyl (C=O) groups excluding carboxylic acids is 3. The van der Waals surface area contributed by atoms with E-state index in [-0.39, 0.29) is 17.8 Å². The zero-order chi connectivity index (χ0) is 18.6. The number of benzene rings is 1. The van der Waals surface area contributed by atoms with Crippen LogP contribution in [-0.4, -0.2) is 48.0 Å². The van der Waals surface area contributed by atoms with Gasteiger partial charge in [0.1, 0.15) is 11.3 Å². The molecule has 0 aromatic heterocycles. The molecule has 0 unspecified atom stereocenters. The molecule has 0 atom stereocenters. The van der Waals surface area contributed by atoms with Crippen molar-refractivity contribution < 1.29 is 19.1 Å². The lowest BCUT2D eigenvalue weighted by Gasteiger charge is -2.20. The van der Waals surface area contributed by atoms with Gasteiger partial charge in [-0.3, -0.25) is 14.5 Å². The van der Waals surface area contributed by atoms with Gasteiger partial charge in [0.2, 0.25) is 0 Å². The summed E-state index contributed by atoms with van der Waals surface area (Å²) in [5, 5.41) is 5.67. The van der Waals surface area contributed by atoms with Crippen LogP contribution in [0.5, 0.6) is 5.75 Å². The Bertz CT molecular complexity index is 681. The number of urea groups is 1. The summed E-state index contributed by atoms with van der Waals surface area (Å²) in [5.74, 6) is 0.429. The molecule has 7 heteroatoms. The Morgan fingerprint density at radius 1 is 1.23 bits per heavy atom. The van der Waals surface area contributed by atoms with Gasteiger partial charge >= 0.3 is 6.03 Å². The lowest BCUT2D eigenvalue weighted by molar-refractivity contribution is -0.131. The minimum Gasteiger partial charge on any atom is -0.494 e. The number of nitrogens with one attached hydrogen (secondary N) is 2. The lowest BCUT2D eigenvalue weighted by Crippen LogP contribution is -2.44. The van der Waals surface area contributed by atoms with Crippen LogP contribution in [0.2, 0.25) is 0 Å². The molecule has 140 valence electrons. The maximum Gasteiger partial charge on any atom is 0.325 e. The molecule has 1 heterocycles. The Kier molecular flexibility index (Phi) is 5.44. The van der Waals surface area contributed by atoms with Gasteiger partial charge in [-0.15, -0.1) is 0 Å². The van der Waals surface area contributed by atoms with Gasteiger partial charge < -0.3 is 15.4 Å². The third-order valence-electron chi connectivity index (χ3n) is 4.97. The topological polar surface area (TPSA) is 87.7 Å². The molecule has 0 radical (unpaired) electrons. The molecule has 1 aliphatic carbocycles. The van der Waals surface area contributed by atoms with E-state index >= 15 is 0 Å². The van der Waals surface area contributed by atoms with Gasteiger partial charge in [-0.05, 0) is 50.5 Å². The van der Waals surface area contributed by atoms with Gasteiger partial charge in [0, 0.05) is 18.7 Å². The number of carbonyl (C=O) groups is 3. The summed E-state index contributed by atoms with van der Waals surface area (Å²) in [6, 6.07) is 6.62. The maximum absolute atomic E-state index is 12.5. The van der Waals surface area contributed by atoms with E-state index in [1.807, 2.05) is 6.92 Å². The average Bonchev–Trinajstić information content (AvgIpc) is 3.19. The van der Waals surface area contributed by atoms with Gasteiger partial charge in [-0.2, -0.15) is 0 Å². The number of ether oxygens (including phenoxy) is 1. The largest absolute Gasteiger partial charge is 0.494 e. The molecule has 4 amide bonds. The van der Waals surface area contributed by atoms with Crippen LogP contribution in [-0.2, 0) is 4.79 Å². The molecular formula is C19H25N3O4. The van der Waals surface area contributed by atoms with E-state index in [1.54, 1.807) is 24.3 Å². The zero-order valence-electron chi connectivity index (χ0n) is 15.0. The van der Waals surface area contributed by atoms with Crippen LogP contribution in [0.1, 0.15) is 49.4 Å². The van der Waals surface area contributed by atoms with Crippen molar-refractivity contribution in [1.29, 1.82) is 0 Å². The lowest BCUT2D eigenvalue weighted by atomic mass is 9.98. The Morgan fingerprint density at radius 2 is 1.92 bits per heavy atom. The Labute approximate surface area is 153 Å². The molecule has 26 heavy (non-hydrogen) atoms. The zero-order valence-corrected chi connectivity index (χ0v) is 15.0. The highest BCUT2D eigenvalue weighted by molar-refractivity contribution is 6.07. The average molecular weight is 359 g/mol. The number of hydrogen-bond donors (Lipinski definition) is 2. The van der Waals surface area contributed by atoms with Crippen molar-refractivity contribution in [3.63, 3.8) is 0 Å². The summed E-state index contributed by atoms with van der Waals surface area (Å²) >= 11 is 0. The molecule has 1 spiro atoms. The molecule has 7 nitrogen and oxygen atoms in total. The smallest absolute Gasteiger partial charge is 0.325 e. The third-order valence-corrected chi connectivity index (χ3v) is 4.97. The van der Waals surface area contributed by atoms with Crippen LogP contribution in [0.25, 0.3) is 0 Å². The summed E-state index contributed by atoms with van der Waals surface area (Å²) in [4.78, 5) is 38.0. The summed E-state index contributed by atoms with van der Waals surface area (Å²) in [6.45, 7) is 3.20. The molecule has 2 N–H and O–H groups in total. The van der Waals surface area contributed by atoms with Crippen molar-refractivity contribution >= 4 is 17.8 Å². The third kappa shape index (κ3) is 3.66. The Hall–Kier alpha value is -2.57. The second-order valence-corrected chi connectivity index (χ2v) is 6.74. The SMILES string of the molecule is CCOc1ccc(C(=O)NCCCN2C(=O)NC3(CCCC3)C2=O)cc1. The summed E-state index contributed by atoms with van der Waals surface area (Å²) in [7, 11) is 0. The van der Waals surface area contributed by atoms with E-state index in [0.29, 0.717) is 31.7 Å². The van der Waals surface area contributed by atoms with E-state index in [1.165, 1.54) is 4.90 Å². The monoisotopic (exact) mass is 359 g/mol. The standard InChI is InChI=1S/C19H25N3O4/c1-2-26-15-8-6-14(7-9-15)16(23)20-12-5-13-22-17(24)19(21-18(22)25)10-3-4-11-19/h6-9H,2-5,10-13H2,1H3,(H,20,23)(H,21,25). The molecule has 3 rings (SSSR count). The van der Waals surface area contributed by atoms with E-state index < -0.39 is 5.54 Å². The van der Waals surface area contributed by atoms with Crippen LogP contribution in [0.3, 0.4) is 0 Å². The number of hydrogen-bond acceptors (Lipinski definition) is 4. The van der Waals surface area contributed by atoms with Crippen LogP contribution in [0.4, 0.5) is 4.79 Å². The number of rotatable bonds is 7. The van der Waals surface area contributed by atoms with Crippen LogP contribution < -0.4 is 15.4 Å². The van der Waals surface area contributed by atoms with Crippen LogP contribution in [0, 0.1) is 0 Å². The van der Waals surface area contributed by atoms with E-state index in [9.17, 15) is 14.4 Å². The highest BCUT2D eigenvalue weighted by atomic mass is 16.5. The minimum atomic E-state index is -0.664. The highest BCUT2D eigenvalue weighted by Gasteiger charge is 2.51. The summed E-state index contributed by atoms with van der Waals surface area (Å²) in [6.07, 6.45) is 3.92. The van der Waals surface area contributed by atoms with E-state index in [4.69, 9.17) is 4.74 Å². The van der Waals surface area contributed by atoms with Crippen molar-refractivity contribution in [2.45, 2.75) is 44.6 Å². The first-order valence-corrected chi connectivity index (χ1v) is 9.21. The van der Waals surface area contributed by atoms with Crippen molar-refractivity contribution in [3.05, 3.63) is 29.8 Å². The predicted molar refractivity (Wildman–Crippen MR) is 96.0 cm³/mol. The molecular weight excluding hydrogens is 334 g/mol. The van der Waals surface area contributed by atoms with Gasteiger partial charge in [-0.1, -0.05) is 12.8 Å². The first-order chi connectivity index (χ1) is 12.6. The number of nitrogens with zero attached hydrogens (tertiary/aromatic N) is 1. The van der Waals surface area contributed by atoms with Crippen molar-refractivity contribution in [1.82, 2.24) is 15.5 Å². The molecule has 1 saturated carbocycles. The molecule has 1 aromatic carbocycles. The fourth-order valence-corrected chi connectivity index (χ4v) is 3.61. The quantitative estimate of drug-likeness (QED) is 0.576. The molecule has 2 aliphatic rings. The van der Waals surface area contributed by atoms with Crippen molar-refractivity contribution in [3.8, 4) is 5.75 Å². The first kappa shape index (κ1) is 18.2. The fraction of sp³-hybridized carbons (Fsp3) is 0.526. The Balaban J connectivity index is 1.44. The van der Waals surface area contributed by atoms with E-state index in [0.717, 1.165) is 31.4 Å². The minimum absolute atomic E-state index is 0.113. The van der Waals surface area contributed by atoms with Gasteiger partial charge in [0.25, 0.3) is 11.8 Å². The van der Waals surface area contributed by atoms with Gasteiger partial charge in [0.15, 0.2) is 0 Å². The summed E-state index contributed by atoms with van der Waals surface area (Å²) in [5.41, 5.74) is -0.115. The first-order valence-electron chi connectivity index (χ1n) is 9.21. The predicted octanol–water partition coefficient (Wildman–Crippen LogP) is 2.07. The maximum atomic E-state index is 12.5. The fourth-order valence-electron chi connectivity index (χ4n) is 3.61. The number of amides is 4. The van der Waals surface area contributed by atoms with Crippen molar-refractivity contribution in [2.24, 2.45) is 0 Å². The summed E-state index contributed by atoms with van der Waals surface area (Å²) < 4.78 is 5.35. The Morgan fingerprint density at radius 3 is 2.58 bits per heavy atom. The van der Waals surface area contributed by atoms with Crippen molar-refractivity contribution in [2.75, 3.05) is 19.7 Å². The molecule has 2 fully saturated rings. The van der Waals surface area contributed by atoms with Crippen LogP contribution in [0.15, 0.2) is 24.3 Å². The number of imide groups is 1. The highest BCUT2D eigenvalue weighted by Crippen LogP contribution is 2.34. The van der Waals surface area contributed by atoms with Gasteiger partial charge in [0.05, 0.1) is 6.61 Å². The molecule has 1 aromatic rings. The molecule has 0 bridgehead atoms. The second kappa shape index (κ2) is 7.76. The van der Waals surface area contributed by atoms with Crippen LogP contribution >= 0.6 is 0 Å². The van der Waals surface area contributed by atoms with E-state index in [2.05, 4.69) is 10.6 Å². The normalized spacial score (nSPS) is 18.3. The molecule has 1 aliphatic heterocycles. The van der Waals surface area contributed by atoms with Gasteiger partial charge in [-0.25, -0.2) is 4.79 Å². The second-order valence-electron chi connectivity index (χ2n) is 6.74.